The minimum Gasteiger partial charge on any atom is -0.358 e. The van der Waals surface area contributed by atoms with Crippen LogP contribution >= 0.6 is 0 Å². The molecule has 7 rings (SSSR count). The van der Waals surface area contributed by atoms with Gasteiger partial charge in [0.25, 0.3) is 0 Å². The van der Waals surface area contributed by atoms with E-state index in [9.17, 15) is 0 Å². The van der Waals surface area contributed by atoms with Gasteiger partial charge < -0.3 is 4.98 Å². The van der Waals surface area contributed by atoms with Gasteiger partial charge in [0.05, 0.1) is 23.8 Å². The Balaban J connectivity index is 1.26. The molecule has 0 radical (unpaired) electrons. The number of pyridine rings is 1. The van der Waals surface area contributed by atoms with Crippen molar-refractivity contribution in [2.24, 2.45) is 0 Å². The monoisotopic (exact) mass is 471 g/mol. The predicted molar refractivity (Wildman–Crippen MR) is 147 cm³/mol. The zero-order chi connectivity index (χ0) is 24.2. The van der Waals surface area contributed by atoms with Gasteiger partial charge in [-0.15, -0.1) is 0 Å². The molecule has 178 valence electrons. The Hall–Kier alpha value is -3.96. The molecule has 36 heavy (non-hydrogen) atoms. The fourth-order valence-electron chi connectivity index (χ4n) is 5.63. The van der Waals surface area contributed by atoms with Crippen LogP contribution in [0.2, 0.25) is 0 Å². The van der Waals surface area contributed by atoms with Gasteiger partial charge in [0, 0.05) is 59.1 Å². The molecular weight excluding hydrogens is 442 g/mol. The van der Waals surface area contributed by atoms with E-state index in [1.807, 2.05) is 18.5 Å². The van der Waals surface area contributed by atoms with Gasteiger partial charge >= 0.3 is 0 Å². The molecule has 3 aromatic heterocycles. The Morgan fingerprint density at radius 1 is 0.944 bits per heavy atom. The molecule has 1 aliphatic rings. The number of rotatable bonds is 4. The van der Waals surface area contributed by atoms with Crippen LogP contribution in [0.4, 0.5) is 0 Å². The van der Waals surface area contributed by atoms with Gasteiger partial charge in [-0.05, 0) is 72.5 Å². The van der Waals surface area contributed by atoms with Crippen molar-refractivity contribution in [1.82, 2.24) is 24.6 Å². The number of fused-ring (bicyclic) bond motifs is 5. The van der Waals surface area contributed by atoms with Gasteiger partial charge in [-0.1, -0.05) is 30.3 Å². The molecule has 0 unspecified atom stereocenters. The Labute approximate surface area is 210 Å². The van der Waals surface area contributed by atoms with Gasteiger partial charge in [0.2, 0.25) is 0 Å². The SMILES string of the molecule is CC(C)N1CCc2[nH]c3ccc(-c4ccc5cnn(Cc6ccc7ncccc7c6)c5c4)cc3c2C1. The van der Waals surface area contributed by atoms with Crippen molar-refractivity contribution in [2.75, 3.05) is 6.54 Å². The standard InChI is InChI=1S/C31H29N5/c1-20(2)35-13-11-30-27(19-35)26-15-22(8-10-29(26)34-30)23-6-7-25-17-33-36(31(25)16-23)18-21-5-9-28-24(14-21)4-3-12-32-28/h3-10,12,14-17,20,34H,11,13,18-19H2,1-2H3. The first kappa shape index (κ1) is 21.3. The molecule has 1 aliphatic heterocycles. The van der Waals surface area contributed by atoms with E-state index in [2.05, 4.69) is 94.1 Å². The Morgan fingerprint density at radius 2 is 1.83 bits per heavy atom. The number of aromatic amines is 1. The lowest BCUT2D eigenvalue weighted by Gasteiger charge is -2.30. The van der Waals surface area contributed by atoms with E-state index in [0.717, 1.165) is 47.9 Å². The summed E-state index contributed by atoms with van der Waals surface area (Å²) in [5.41, 5.74) is 9.97. The molecule has 0 aliphatic carbocycles. The van der Waals surface area contributed by atoms with Crippen molar-refractivity contribution < 1.29 is 0 Å². The second-order valence-corrected chi connectivity index (χ2v) is 10.3. The van der Waals surface area contributed by atoms with Gasteiger partial charge in [0.1, 0.15) is 0 Å². The maximum atomic E-state index is 4.72. The summed E-state index contributed by atoms with van der Waals surface area (Å²) in [6.07, 6.45) is 4.90. The van der Waals surface area contributed by atoms with E-state index >= 15 is 0 Å². The molecule has 5 heteroatoms. The van der Waals surface area contributed by atoms with Crippen LogP contribution in [0.5, 0.6) is 0 Å². The third-order valence-electron chi connectivity index (χ3n) is 7.71. The molecule has 0 spiro atoms. The highest BCUT2D eigenvalue weighted by Gasteiger charge is 2.22. The second-order valence-electron chi connectivity index (χ2n) is 10.3. The van der Waals surface area contributed by atoms with Crippen LogP contribution in [0.3, 0.4) is 0 Å². The normalized spacial score (nSPS) is 14.3. The largest absolute Gasteiger partial charge is 0.358 e. The summed E-state index contributed by atoms with van der Waals surface area (Å²) < 4.78 is 2.10. The smallest absolute Gasteiger partial charge is 0.0702 e. The molecular formula is C31H29N5. The van der Waals surface area contributed by atoms with Gasteiger partial charge in [-0.25, -0.2) is 0 Å². The molecule has 0 atom stereocenters. The van der Waals surface area contributed by atoms with Gasteiger partial charge in [0.15, 0.2) is 0 Å². The first-order chi connectivity index (χ1) is 17.6. The molecule has 0 fully saturated rings. The molecule has 0 amide bonds. The van der Waals surface area contributed by atoms with Crippen molar-refractivity contribution in [1.29, 1.82) is 0 Å². The van der Waals surface area contributed by atoms with E-state index in [-0.39, 0.29) is 0 Å². The number of benzene rings is 3. The van der Waals surface area contributed by atoms with Crippen LogP contribution in [0.15, 0.2) is 79.1 Å². The Kier molecular flexibility index (Phi) is 4.93. The van der Waals surface area contributed by atoms with Crippen molar-refractivity contribution in [3.05, 3.63) is 95.9 Å². The second kappa shape index (κ2) is 8.32. The van der Waals surface area contributed by atoms with Crippen molar-refractivity contribution in [2.45, 2.75) is 39.4 Å². The number of H-pyrrole nitrogens is 1. The number of hydrogen-bond acceptors (Lipinski definition) is 3. The highest BCUT2D eigenvalue weighted by atomic mass is 15.3. The van der Waals surface area contributed by atoms with Crippen molar-refractivity contribution >= 4 is 32.7 Å². The zero-order valence-electron chi connectivity index (χ0n) is 20.7. The van der Waals surface area contributed by atoms with Crippen LogP contribution in [0.1, 0.15) is 30.7 Å². The quantitative estimate of drug-likeness (QED) is 0.317. The topological polar surface area (TPSA) is 49.7 Å². The molecule has 0 saturated heterocycles. The third-order valence-corrected chi connectivity index (χ3v) is 7.71. The average molecular weight is 472 g/mol. The number of hydrogen-bond donors (Lipinski definition) is 1. The summed E-state index contributed by atoms with van der Waals surface area (Å²) in [4.78, 5) is 10.7. The molecule has 4 heterocycles. The molecule has 3 aromatic carbocycles. The van der Waals surface area contributed by atoms with E-state index in [0.29, 0.717) is 6.04 Å². The van der Waals surface area contributed by atoms with E-state index < -0.39 is 0 Å². The highest BCUT2D eigenvalue weighted by Crippen LogP contribution is 2.33. The summed E-state index contributed by atoms with van der Waals surface area (Å²) >= 11 is 0. The maximum Gasteiger partial charge on any atom is 0.0702 e. The molecule has 0 saturated carbocycles. The molecule has 6 aromatic rings. The summed E-state index contributed by atoms with van der Waals surface area (Å²) in [6, 6.07) is 24.7. The fraction of sp³-hybridized carbons (Fsp3) is 0.226. The Morgan fingerprint density at radius 3 is 2.75 bits per heavy atom. The summed E-state index contributed by atoms with van der Waals surface area (Å²) in [5.74, 6) is 0. The van der Waals surface area contributed by atoms with Crippen LogP contribution in [0, 0.1) is 0 Å². The highest BCUT2D eigenvalue weighted by molar-refractivity contribution is 5.91. The van der Waals surface area contributed by atoms with Crippen LogP contribution in [0.25, 0.3) is 43.8 Å². The minimum absolute atomic E-state index is 0.563. The maximum absolute atomic E-state index is 4.72. The zero-order valence-corrected chi connectivity index (χ0v) is 20.7. The predicted octanol–water partition coefficient (Wildman–Crippen LogP) is 6.55. The van der Waals surface area contributed by atoms with Gasteiger partial charge in [-0.3, -0.25) is 14.6 Å². The Bertz CT molecular complexity index is 1740. The third kappa shape index (κ3) is 3.59. The minimum atomic E-state index is 0.563. The lowest BCUT2D eigenvalue weighted by Crippen LogP contribution is -2.35. The van der Waals surface area contributed by atoms with Crippen LogP contribution < -0.4 is 0 Å². The summed E-state index contributed by atoms with van der Waals surface area (Å²) in [7, 11) is 0. The molecule has 5 nitrogen and oxygen atoms in total. The van der Waals surface area contributed by atoms with Crippen molar-refractivity contribution in [3.63, 3.8) is 0 Å². The van der Waals surface area contributed by atoms with E-state index in [1.165, 1.54) is 38.9 Å². The molecule has 0 bridgehead atoms. The number of nitrogens with one attached hydrogen (secondary N) is 1. The summed E-state index contributed by atoms with van der Waals surface area (Å²) in [5, 5.41) is 8.39. The number of aromatic nitrogens is 4. The first-order valence-corrected chi connectivity index (χ1v) is 12.8. The van der Waals surface area contributed by atoms with Crippen LogP contribution in [-0.4, -0.2) is 37.2 Å². The van der Waals surface area contributed by atoms with Crippen molar-refractivity contribution in [3.8, 4) is 11.1 Å². The summed E-state index contributed by atoms with van der Waals surface area (Å²) in [6.45, 7) is 7.45. The lowest BCUT2D eigenvalue weighted by atomic mass is 9.99. The lowest BCUT2D eigenvalue weighted by molar-refractivity contribution is 0.203. The first-order valence-electron chi connectivity index (χ1n) is 12.8. The number of nitrogens with zero attached hydrogens (tertiary/aromatic N) is 4. The van der Waals surface area contributed by atoms with Crippen LogP contribution in [-0.2, 0) is 19.5 Å². The average Bonchev–Trinajstić information content (AvgIpc) is 3.48. The fourth-order valence-corrected chi connectivity index (χ4v) is 5.63. The van der Waals surface area contributed by atoms with Gasteiger partial charge in [-0.2, -0.15) is 5.10 Å². The van der Waals surface area contributed by atoms with E-state index in [1.54, 1.807) is 0 Å². The van der Waals surface area contributed by atoms with E-state index in [4.69, 9.17) is 5.10 Å². The molecule has 1 N–H and O–H groups in total.